The third kappa shape index (κ3) is 6.21. The summed E-state index contributed by atoms with van der Waals surface area (Å²) in [7, 11) is 0. The molecule has 0 bridgehead atoms. The van der Waals surface area contributed by atoms with Gasteiger partial charge in [0.05, 0.1) is 4.91 Å². The molecule has 37 heavy (non-hydrogen) atoms. The molecular formula is C29H26N2O4S2. The van der Waals surface area contributed by atoms with E-state index in [1.54, 1.807) is 4.90 Å². The van der Waals surface area contributed by atoms with Crippen molar-refractivity contribution in [3.8, 4) is 22.6 Å². The molecule has 1 fully saturated rings. The van der Waals surface area contributed by atoms with Gasteiger partial charge in [0.25, 0.3) is 5.91 Å². The molecule has 0 aromatic heterocycles. The number of fused-ring (bicyclic) bond motifs is 1. The highest BCUT2D eigenvalue weighted by molar-refractivity contribution is 8.26. The SMILES string of the molecule is O=C(CCCCCN1C(=O)C(=Cc2ccc3c(c2)OCO3)SC1=S)Nc1ccc(-c2ccccc2)cc1. The quantitative estimate of drug-likeness (QED) is 0.194. The zero-order valence-electron chi connectivity index (χ0n) is 20.1. The summed E-state index contributed by atoms with van der Waals surface area (Å²) in [6, 6.07) is 23.6. The van der Waals surface area contributed by atoms with Crippen molar-refractivity contribution in [2.75, 3.05) is 18.7 Å². The number of thioether (sulfide) groups is 1. The average molecular weight is 531 g/mol. The van der Waals surface area contributed by atoms with Gasteiger partial charge in [-0.3, -0.25) is 14.5 Å². The molecule has 6 nitrogen and oxygen atoms in total. The van der Waals surface area contributed by atoms with Crippen LogP contribution in [0.25, 0.3) is 17.2 Å². The number of hydrogen-bond donors (Lipinski definition) is 1. The van der Waals surface area contributed by atoms with E-state index in [1.165, 1.54) is 11.8 Å². The Bertz CT molecular complexity index is 1340. The van der Waals surface area contributed by atoms with Gasteiger partial charge in [-0.2, -0.15) is 0 Å². The van der Waals surface area contributed by atoms with Gasteiger partial charge in [0.2, 0.25) is 12.7 Å². The van der Waals surface area contributed by atoms with Gasteiger partial charge >= 0.3 is 0 Å². The van der Waals surface area contributed by atoms with Crippen LogP contribution in [0.15, 0.2) is 77.7 Å². The minimum absolute atomic E-state index is 0.00951. The topological polar surface area (TPSA) is 67.9 Å². The van der Waals surface area contributed by atoms with Crippen molar-refractivity contribution in [2.45, 2.75) is 25.7 Å². The lowest BCUT2D eigenvalue weighted by molar-refractivity contribution is -0.122. The smallest absolute Gasteiger partial charge is 0.266 e. The van der Waals surface area contributed by atoms with Crippen LogP contribution in [-0.4, -0.2) is 34.4 Å². The summed E-state index contributed by atoms with van der Waals surface area (Å²) in [6.45, 7) is 0.760. The minimum Gasteiger partial charge on any atom is -0.454 e. The maximum atomic E-state index is 12.9. The van der Waals surface area contributed by atoms with E-state index in [1.807, 2.05) is 66.7 Å². The molecule has 3 aromatic rings. The Hall–Kier alpha value is -3.62. The predicted octanol–water partition coefficient (Wildman–Crippen LogP) is 6.48. The van der Waals surface area contributed by atoms with Crippen molar-refractivity contribution in [1.29, 1.82) is 0 Å². The van der Waals surface area contributed by atoms with Gasteiger partial charge in [-0.05, 0) is 59.9 Å². The number of hydrogen-bond acceptors (Lipinski definition) is 6. The van der Waals surface area contributed by atoms with Gasteiger partial charge in [0, 0.05) is 18.7 Å². The highest BCUT2D eigenvalue weighted by Gasteiger charge is 2.31. The van der Waals surface area contributed by atoms with Crippen LogP contribution in [0, 0.1) is 0 Å². The number of carbonyl (C=O) groups excluding carboxylic acids is 2. The summed E-state index contributed by atoms with van der Waals surface area (Å²) in [5, 5.41) is 2.96. The van der Waals surface area contributed by atoms with Crippen molar-refractivity contribution < 1.29 is 19.1 Å². The normalized spacial score (nSPS) is 15.5. The third-order valence-electron chi connectivity index (χ3n) is 6.13. The first-order chi connectivity index (χ1) is 18.1. The number of rotatable bonds is 9. The van der Waals surface area contributed by atoms with Gasteiger partial charge < -0.3 is 14.8 Å². The molecule has 188 valence electrons. The molecule has 8 heteroatoms. The lowest BCUT2D eigenvalue weighted by Crippen LogP contribution is -2.29. The standard InChI is InChI=1S/C29H26N2O4S2/c32-27(30-23-13-11-22(12-14-23)21-7-3-1-4-8-21)9-5-2-6-16-31-28(33)26(37-29(31)36)18-20-10-15-24-25(17-20)35-19-34-24/h1,3-4,7-8,10-15,17-18H,2,5-6,9,16,19H2,(H,30,32). The molecular weight excluding hydrogens is 504 g/mol. The predicted molar refractivity (Wildman–Crippen MR) is 151 cm³/mol. The van der Waals surface area contributed by atoms with Crippen LogP contribution < -0.4 is 14.8 Å². The van der Waals surface area contributed by atoms with Gasteiger partial charge in [0.15, 0.2) is 11.5 Å². The second kappa shape index (κ2) is 11.6. The number of carbonyl (C=O) groups is 2. The third-order valence-corrected chi connectivity index (χ3v) is 7.51. The van der Waals surface area contributed by atoms with Gasteiger partial charge in [-0.1, -0.05) is 78.9 Å². The molecule has 0 spiro atoms. The number of anilines is 1. The van der Waals surface area contributed by atoms with E-state index in [0.717, 1.165) is 41.6 Å². The summed E-state index contributed by atoms with van der Waals surface area (Å²) in [5.74, 6) is 1.30. The van der Waals surface area contributed by atoms with E-state index in [9.17, 15) is 9.59 Å². The Balaban J connectivity index is 1.04. The van der Waals surface area contributed by atoms with Crippen molar-refractivity contribution in [3.05, 3.63) is 83.3 Å². The van der Waals surface area contributed by atoms with Crippen molar-refractivity contribution in [3.63, 3.8) is 0 Å². The summed E-state index contributed by atoms with van der Waals surface area (Å²) in [5.41, 5.74) is 3.91. The number of benzene rings is 3. The Morgan fingerprint density at radius 2 is 1.70 bits per heavy atom. The van der Waals surface area contributed by atoms with Gasteiger partial charge in [-0.25, -0.2) is 0 Å². The lowest BCUT2D eigenvalue weighted by atomic mass is 10.1. The zero-order chi connectivity index (χ0) is 25.6. The second-order valence-corrected chi connectivity index (χ2v) is 10.4. The Kier molecular flexibility index (Phi) is 7.87. The monoisotopic (exact) mass is 530 g/mol. The zero-order valence-corrected chi connectivity index (χ0v) is 21.8. The Morgan fingerprint density at radius 3 is 2.51 bits per heavy atom. The first-order valence-electron chi connectivity index (χ1n) is 12.2. The number of thiocarbonyl (C=S) groups is 1. The van der Waals surface area contributed by atoms with Crippen LogP contribution in [0.2, 0.25) is 0 Å². The number of unbranched alkanes of at least 4 members (excludes halogenated alkanes) is 2. The molecule has 0 unspecified atom stereocenters. The molecule has 2 amide bonds. The van der Waals surface area contributed by atoms with Crippen LogP contribution >= 0.6 is 24.0 Å². The molecule has 0 saturated carbocycles. The summed E-state index contributed by atoms with van der Waals surface area (Å²) >= 11 is 6.75. The Labute approximate surface area is 225 Å². The molecule has 1 N–H and O–H groups in total. The van der Waals surface area contributed by atoms with Gasteiger partial charge in [0.1, 0.15) is 4.32 Å². The second-order valence-electron chi connectivity index (χ2n) is 8.75. The number of amides is 2. The van der Waals surface area contributed by atoms with Crippen molar-refractivity contribution in [1.82, 2.24) is 4.90 Å². The largest absolute Gasteiger partial charge is 0.454 e. The lowest BCUT2D eigenvalue weighted by Gasteiger charge is -2.14. The van der Waals surface area contributed by atoms with Crippen LogP contribution in [0.1, 0.15) is 31.2 Å². The van der Waals surface area contributed by atoms with E-state index in [4.69, 9.17) is 21.7 Å². The van der Waals surface area contributed by atoms with Crippen LogP contribution in [0.4, 0.5) is 5.69 Å². The first kappa shape index (κ1) is 25.0. The molecule has 0 radical (unpaired) electrons. The van der Waals surface area contributed by atoms with E-state index in [0.29, 0.717) is 33.7 Å². The fourth-order valence-corrected chi connectivity index (χ4v) is 5.49. The van der Waals surface area contributed by atoms with Crippen LogP contribution in [0.3, 0.4) is 0 Å². The van der Waals surface area contributed by atoms with E-state index < -0.39 is 0 Å². The molecule has 2 heterocycles. The number of nitrogens with one attached hydrogen (secondary N) is 1. The van der Waals surface area contributed by atoms with E-state index in [2.05, 4.69) is 17.4 Å². The van der Waals surface area contributed by atoms with E-state index >= 15 is 0 Å². The molecule has 1 saturated heterocycles. The van der Waals surface area contributed by atoms with Crippen LogP contribution in [-0.2, 0) is 9.59 Å². The fourth-order valence-electron chi connectivity index (χ4n) is 4.18. The molecule has 3 aromatic carbocycles. The van der Waals surface area contributed by atoms with Crippen molar-refractivity contribution >= 4 is 51.9 Å². The number of nitrogens with zero attached hydrogens (tertiary/aromatic N) is 1. The number of ether oxygens (including phenoxy) is 2. The highest BCUT2D eigenvalue weighted by Crippen LogP contribution is 2.36. The average Bonchev–Trinajstić information content (AvgIpc) is 3.48. The molecule has 2 aliphatic heterocycles. The summed E-state index contributed by atoms with van der Waals surface area (Å²) in [6.07, 6.45) is 4.62. The molecule has 5 rings (SSSR count). The molecule has 0 aliphatic carbocycles. The summed E-state index contributed by atoms with van der Waals surface area (Å²) in [4.78, 5) is 27.5. The van der Waals surface area contributed by atoms with Gasteiger partial charge in [-0.15, -0.1) is 0 Å². The molecule has 0 atom stereocenters. The maximum Gasteiger partial charge on any atom is 0.266 e. The van der Waals surface area contributed by atoms with Crippen molar-refractivity contribution in [2.24, 2.45) is 0 Å². The summed E-state index contributed by atoms with van der Waals surface area (Å²) < 4.78 is 11.3. The highest BCUT2D eigenvalue weighted by atomic mass is 32.2. The minimum atomic E-state index is -0.0793. The Morgan fingerprint density at radius 1 is 0.946 bits per heavy atom. The maximum absolute atomic E-state index is 12.9. The molecule has 2 aliphatic rings. The first-order valence-corrected chi connectivity index (χ1v) is 13.4. The van der Waals surface area contributed by atoms with E-state index in [-0.39, 0.29) is 18.6 Å². The fraction of sp³-hybridized carbons (Fsp3) is 0.207. The van der Waals surface area contributed by atoms with Crippen LogP contribution in [0.5, 0.6) is 11.5 Å².